The van der Waals surface area contributed by atoms with E-state index in [0.29, 0.717) is 26.8 Å². The molecule has 0 amide bonds. The van der Waals surface area contributed by atoms with Gasteiger partial charge < -0.3 is 10.3 Å². The minimum absolute atomic E-state index is 0.157. The van der Waals surface area contributed by atoms with E-state index in [1.54, 1.807) is 30.5 Å². The van der Waals surface area contributed by atoms with Crippen LogP contribution >= 0.6 is 39.1 Å². The number of nitrogens with two attached hydrogens (primary N) is 1. The number of benzene rings is 1. The summed E-state index contributed by atoms with van der Waals surface area (Å²) in [4.78, 5) is 11.9. The lowest BCUT2D eigenvalue weighted by atomic mass is 10.2. The van der Waals surface area contributed by atoms with Crippen molar-refractivity contribution in [2.45, 2.75) is 6.54 Å². The normalized spacial score (nSPS) is 10.6. The van der Waals surface area contributed by atoms with Gasteiger partial charge in [0.1, 0.15) is 0 Å². The van der Waals surface area contributed by atoms with Gasteiger partial charge in [0.25, 0.3) is 5.56 Å². The van der Waals surface area contributed by atoms with Crippen LogP contribution in [0.5, 0.6) is 0 Å². The first-order valence-corrected chi connectivity index (χ1v) is 6.61. The van der Waals surface area contributed by atoms with Crippen molar-refractivity contribution in [3.05, 3.63) is 60.9 Å². The van der Waals surface area contributed by atoms with Crippen molar-refractivity contribution < 1.29 is 0 Å². The molecule has 0 unspecified atom stereocenters. The Morgan fingerprint density at radius 3 is 2.67 bits per heavy atom. The van der Waals surface area contributed by atoms with Gasteiger partial charge >= 0.3 is 0 Å². The van der Waals surface area contributed by atoms with E-state index in [4.69, 9.17) is 28.9 Å². The van der Waals surface area contributed by atoms with E-state index in [-0.39, 0.29) is 5.56 Å². The zero-order chi connectivity index (χ0) is 13.3. The second kappa shape index (κ2) is 5.34. The van der Waals surface area contributed by atoms with Crippen LogP contribution < -0.4 is 11.3 Å². The van der Waals surface area contributed by atoms with Crippen LogP contribution in [0.3, 0.4) is 0 Å². The number of halogens is 3. The minimum Gasteiger partial charge on any atom is -0.398 e. The van der Waals surface area contributed by atoms with E-state index >= 15 is 0 Å². The average Bonchev–Trinajstić information content (AvgIpc) is 2.29. The third kappa shape index (κ3) is 2.88. The van der Waals surface area contributed by atoms with Crippen LogP contribution in [0.1, 0.15) is 5.56 Å². The molecule has 0 radical (unpaired) electrons. The highest BCUT2D eigenvalue weighted by Gasteiger charge is 2.06. The highest BCUT2D eigenvalue weighted by molar-refractivity contribution is 9.10. The molecule has 0 atom stereocenters. The van der Waals surface area contributed by atoms with Crippen molar-refractivity contribution in [2.24, 2.45) is 0 Å². The lowest BCUT2D eigenvalue weighted by Crippen LogP contribution is -2.21. The second-order valence-corrected chi connectivity index (χ2v) is 5.49. The van der Waals surface area contributed by atoms with Gasteiger partial charge in [-0.2, -0.15) is 0 Å². The van der Waals surface area contributed by atoms with Gasteiger partial charge in [-0.1, -0.05) is 29.3 Å². The Kier molecular flexibility index (Phi) is 4.00. The molecule has 6 heteroatoms. The van der Waals surface area contributed by atoms with E-state index in [0.717, 1.165) is 5.56 Å². The van der Waals surface area contributed by atoms with Gasteiger partial charge in [-0.05, 0) is 39.7 Å². The standard InChI is InChI=1S/C12H9BrCl2N2O/c13-10-4-9(16)6-17(12(10)18)5-7-1-2-8(14)3-11(7)15/h1-4,6H,5,16H2. The molecule has 18 heavy (non-hydrogen) atoms. The molecule has 0 aliphatic rings. The fourth-order valence-corrected chi connectivity index (χ4v) is 2.53. The zero-order valence-corrected chi connectivity index (χ0v) is 12.3. The van der Waals surface area contributed by atoms with Crippen molar-refractivity contribution in [2.75, 3.05) is 5.73 Å². The van der Waals surface area contributed by atoms with Gasteiger partial charge in [0, 0.05) is 21.9 Å². The predicted octanol–water partition coefficient (Wildman–Crippen LogP) is 3.55. The van der Waals surface area contributed by atoms with Crippen LogP contribution in [0.4, 0.5) is 5.69 Å². The van der Waals surface area contributed by atoms with Gasteiger partial charge in [-0.15, -0.1) is 0 Å². The van der Waals surface area contributed by atoms with Crippen molar-refractivity contribution >= 4 is 44.8 Å². The molecule has 0 fully saturated rings. The van der Waals surface area contributed by atoms with Crippen LogP contribution in [0, 0.1) is 0 Å². The molecule has 0 saturated carbocycles. The SMILES string of the molecule is Nc1cc(Br)c(=O)n(Cc2ccc(Cl)cc2Cl)c1. The van der Waals surface area contributed by atoms with Gasteiger partial charge in [0.15, 0.2) is 0 Å². The number of hydrogen-bond acceptors (Lipinski definition) is 2. The maximum atomic E-state index is 11.9. The van der Waals surface area contributed by atoms with E-state index in [2.05, 4.69) is 15.9 Å². The predicted molar refractivity (Wildman–Crippen MR) is 78.4 cm³/mol. The summed E-state index contributed by atoms with van der Waals surface area (Å²) >= 11 is 15.1. The van der Waals surface area contributed by atoms with Crippen LogP contribution in [0.15, 0.2) is 39.7 Å². The number of pyridine rings is 1. The highest BCUT2D eigenvalue weighted by Crippen LogP contribution is 2.21. The van der Waals surface area contributed by atoms with Crippen molar-refractivity contribution in [3.8, 4) is 0 Å². The van der Waals surface area contributed by atoms with Gasteiger partial charge in [-0.3, -0.25) is 4.79 Å². The van der Waals surface area contributed by atoms with Crippen molar-refractivity contribution in [1.82, 2.24) is 4.57 Å². The Bertz CT molecular complexity index is 655. The van der Waals surface area contributed by atoms with E-state index in [1.165, 1.54) is 4.57 Å². The average molecular weight is 348 g/mol. The molecule has 0 aliphatic heterocycles. The smallest absolute Gasteiger partial charge is 0.265 e. The lowest BCUT2D eigenvalue weighted by Gasteiger charge is -2.09. The number of anilines is 1. The van der Waals surface area contributed by atoms with E-state index in [1.807, 2.05) is 0 Å². The molecule has 2 rings (SSSR count). The number of nitrogens with zero attached hydrogens (tertiary/aromatic N) is 1. The number of nitrogen functional groups attached to an aromatic ring is 1. The Morgan fingerprint density at radius 2 is 2.00 bits per heavy atom. The van der Waals surface area contributed by atoms with Crippen LogP contribution in [-0.4, -0.2) is 4.57 Å². The molecule has 0 aliphatic carbocycles. The first-order chi connectivity index (χ1) is 8.47. The summed E-state index contributed by atoms with van der Waals surface area (Å²) in [6, 6.07) is 6.73. The van der Waals surface area contributed by atoms with Gasteiger partial charge in [0.05, 0.1) is 11.0 Å². The van der Waals surface area contributed by atoms with Gasteiger partial charge in [-0.25, -0.2) is 0 Å². The third-order valence-corrected chi connectivity index (χ3v) is 3.57. The molecule has 0 spiro atoms. The summed E-state index contributed by atoms with van der Waals surface area (Å²) in [7, 11) is 0. The Hall–Kier alpha value is -0.970. The molecule has 0 bridgehead atoms. The first-order valence-electron chi connectivity index (χ1n) is 5.07. The van der Waals surface area contributed by atoms with Crippen LogP contribution in [-0.2, 0) is 6.54 Å². The molecule has 3 nitrogen and oxygen atoms in total. The number of rotatable bonds is 2. The molecule has 1 aromatic heterocycles. The molecule has 2 N–H and O–H groups in total. The van der Waals surface area contributed by atoms with Crippen molar-refractivity contribution in [3.63, 3.8) is 0 Å². The largest absolute Gasteiger partial charge is 0.398 e. The monoisotopic (exact) mass is 346 g/mol. The summed E-state index contributed by atoms with van der Waals surface area (Å²) in [5.41, 5.74) is 6.86. The lowest BCUT2D eigenvalue weighted by molar-refractivity contribution is 0.757. The molecular weight excluding hydrogens is 339 g/mol. The number of aromatic nitrogens is 1. The van der Waals surface area contributed by atoms with E-state index in [9.17, 15) is 4.79 Å². The Balaban J connectivity index is 2.43. The molecular formula is C12H9BrCl2N2O. The van der Waals surface area contributed by atoms with E-state index < -0.39 is 0 Å². The Labute approximate surface area is 122 Å². The van der Waals surface area contributed by atoms with Crippen LogP contribution in [0.2, 0.25) is 10.0 Å². The Morgan fingerprint density at radius 1 is 1.28 bits per heavy atom. The third-order valence-electron chi connectivity index (χ3n) is 2.42. The van der Waals surface area contributed by atoms with Gasteiger partial charge in [0.2, 0.25) is 0 Å². The minimum atomic E-state index is -0.157. The molecule has 0 saturated heterocycles. The quantitative estimate of drug-likeness (QED) is 0.903. The fraction of sp³-hybridized carbons (Fsp3) is 0.0833. The maximum Gasteiger partial charge on any atom is 0.265 e. The van der Waals surface area contributed by atoms with Crippen molar-refractivity contribution in [1.29, 1.82) is 0 Å². The summed E-state index contributed by atoms with van der Waals surface area (Å²) in [5.74, 6) is 0. The summed E-state index contributed by atoms with van der Waals surface area (Å²) in [5, 5.41) is 1.08. The zero-order valence-electron chi connectivity index (χ0n) is 9.16. The topological polar surface area (TPSA) is 48.0 Å². The summed E-state index contributed by atoms with van der Waals surface area (Å²) < 4.78 is 1.92. The summed E-state index contributed by atoms with van der Waals surface area (Å²) in [6.07, 6.45) is 1.58. The molecule has 94 valence electrons. The van der Waals surface area contributed by atoms with Crippen LogP contribution in [0.25, 0.3) is 0 Å². The number of hydrogen-bond donors (Lipinski definition) is 1. The summed E-state index contributed by atoms with van der Waals surface area (Å²) in [6.45, 7) is 0.346. The molecule has 1 heterocycles. The maximum absolute atomic E-state index is 11.9. The highest BCUT2D eigenvalue weighted by atomic mass is 79.9. The fourth-order valence-electron chi connectivity index (χ4n) is 1.57. The first kappa shape index (κ1) is 13.5. The molecule has 2 aromatic rings. The second-order valence-electron chi connectivity index (χ2n) is 3.79. The molecule has 1 aromatic carbocycles.